The van der Waals surface area contributed by atoms with Crippen molar-refractivity contribution in [1.82, 2.24) is 0 Å². The van der Waals surface area contributed by atoms with Gasteiger partial charge in [-0.2, -0.15) is 0 Å². The maximum absolute atomic E-state index is 12.8. The standard InChI is InChI=1S/C74H130NO8P/c1-6-8-10-12-14-16-18-20-22-24-26-28-30-32-34-35-36-37-38-39-41-42-44-46-48-50-52-54-56-58-60-62-64-66-73(76)80-70-72(71-82-84(78,79)81-69-68-75(3,4)5)83-74(77)67-65-63-61-59-57-55-53-51-49-47-45-43-40-33-31-29-27-25-23-21-19-17-15-13-11-9-7-2/h9,11,15,17,21,23-24,26-27,29,33,40,45,47,51,53,57,59,72H,6-8,10,12-14,16,18-20,22,25,28,30-32,34-39,41-44,46,48-50,52,54-56,58,60-71H2,1-5H3/p+1/b11-9-,17-15-,23-21-,26-24-,29-27-,40-33-,47-45-,53-51-,59-57-. The van der Waals surface area contributed by atoms with Crippen LogP contribution in [0, 0.1) is 0 Å². The Morgan fingerprint density at radius 3 is 1.05 bits per heavy atom. The zero-order chi connectivity index (χ0) is 61.2. The third-order valence-electron chi connectivity index (χ3n) is 14.8. The van der Waals surface area contributed by atoms with Gasteiger partial charge in [-0.15, -0.1) is 0 Å². The highest BCUT2D eigenvalue weighted by atomic mass is 31.2. The Morgan fingerprint density at radius 1 is 0.381 bits per heavy atom. The molecule has 0 amide bonds. The predicted octanol–water partition coefficient (Wildman–Crippen LogP) is 22.5. The number of ether oxygens (including phenoxy) is 2. The minimum atomic E-state index is -4.41. The van der Waals surface area contributed by atoms with Crippen LogP contribution in [0.1, 0.15) is 296 Å². The van der Waals surface area contributed by atoms with Gasteiger partial charge >= 0.3 is 19.8 Å². The Hall–Kier alpha value is -3.33. The number of unbranched alkanes of at least 4 members (excludes halogenated alkanes) is 31. The highest BCUT2D eigenvalue weighted by Gasteiger charge is 2.27. The highest BCUT2D eigenvalue weighted by molar-refractivity contribution is 7.47. The second-order valence-electron chi connectivity index (χ2n) is 24.2. The fourth-order valence-corrected chi connectivity index (χ4v) is 10.2. The lowest BCUT2D eigenvalue weighted by molar-refractivity contribution is -0.870. The summed E-state index contributed by atoms with van der Waals surface area (Å²) >= 11 is 0. The number of esters is 2. The number of hydrogen-bond acceptors (Lipinski definition) is 7. The summed E-state index contributed by atoms with van der Waals surface area (Å²) in [6.07, 6.45) is 90.6. The number of rotatable bonds is 63. The van der Waals surface area contributed by atoms with Crippen molar-refractivity contribution in [2.75, 3.05) is 47.5 Å². The van der Waals surface area contributed by atoms with Crippen LogP contribution in [-0.2, 0) is 32.7 Å². The zero-order valence-electron chi connectivity index (χ0n) is 55.1. The summed E-state index contributed by atoms with van der Waals surface area (Å²) in [5.41, 5.74) is 0. The van der Waals surface area contributed by atoms with Crippen LogP contribution in [0.3, 0.4) is 0 Å². The average molecular weight is 1190 g/mol. The number of carbonyl (C=O) groups is 2. The van der Waals surface area contributed by atoms with Gasteiger partial charge in [0.25, 0.3) is 0 Å². The van der Waals surface area contributed by atoms with Crippen molar-refractivity contribution in [2.24, 2.45) is 0 Å². The maximum atomic E-state index is 12.8. The number of quaternary nitrogens is 1. The van der Waals surface area contributed by atoms with Crippen molar-refractivity contribution in [3.05, 3.63) is 109 Å². The minimum absolute atomic E-state index is 0.0185. The molecule has 0 heterocycles. The second-order valence-corrected chi connectivity index (χ2v) is 25.6. The normalized spacial score (nSPS) is 13.8. The van der Waals surface area contributed by atoms with Crippen LogP contribution in [0.25, 0.3) is 0 Å². The van der Waals surface area contributed by atoms with Crippen LogP contribution in [-0.4, -0.2) is 74.9 Å². The number of hydrogen-bond donors (Lipinski definition) is 1. The van der Waals surface area contributed by atoms with E-state index in [2.05, 4.69) is 123 Å². The molecule has 484 valence electrons. The number of carbonyl (C=O) groups excluding carboxylic acids is 2. The molecule has 1 N–H and O–H groups in total. The van der Waals surface area contributed by atoms with E-state index in [1.807, 2.05) is 21.1 Å². The smallest absolute Gasteiger partial charge is 0.462 e. The SMILES string of the molecule is CC/C=C\C/C=C\C/C=C\C/C=C\C/C=C\C/C=C\C/C=C\C/C=C\CCCCC(=O)OC(COC(=O)CCCCCCCCCCCCCCCCCCCCCCC/C=C\CCCCCCCCCC)COP(=O)(O)OCC[N+](C)(C)C. The lowest BCUT2D eigenvalue weighted by Crippen LogP contribution is -2.37. The second kappa shape index (κ2) is 64.2. The minimum Gasteiger partial charge on any atom is -0.462 e. The molecule has 0 spiro atoms. The van der Waals surface area contributed by atoms with Gasteiger partial charge in [-0.1, -0.05) is 290 Å². The molecule has 9 nitrogen and oxygen atoms in total. The first-order valence-corrected chi connectivity index (χ1v) is 36.1. The van der Waals surface area contributed by atoms with E-state index in [1.165, 1.54) is 180 Å². The molecule has 2 unspecified atom stereocenters. The molecular formula is C74H131NO8P+. The fraction of sp³-hybridized carbons (Fsp3) is 0.730. The number of phosphoric ester groups is 1. The van der Waals surface area contributed by atoms with E-state index in [-0.39, 0.29) is 32.0 Å². The Labute approximate surface area is 518 Å². The van der Waals surface area contributed by atoms with E-state index >= 15 is 0 Å². The summed E-state index contributed by atoms with van der Waals surface area (Å²) in [5.74, 6) is -0.846. The Kier molecular flexibility index (Phi) is 61.6. The molecular weight excluding hydrogens is 1060 g/mol. The van der Waals surface area contributed by atoms with Gasteiger partial charge in [0.05, 0.1) is 27.7 Å². The lowest BCUT2D eigenvalue weighted by atomic mass is 10.0. The van der Waals surface area contributed by atoms with Crippen LogP contribution in [0.15, 0.2) is 109 Å². The van der Waals surface area contributed by atoms with Gasteiger partial charge in [0.1, 0.15) is 19.8 Å². The van der Waals surface area contributed by atoms with E-state index < -0.39 is 26.5 Å². The van der Waals surface area contributed by atoms with Crippen LogP contribution in [0.5, 0.6) is 0 Å². The van der Waals surface area contributed by atoms with E-state index in [4.69, 9.17) is 18.5 Å². The molecule has 0 saturated carbocycles. The number of phosphoric acid groups is 1. The van der Waals surface area contributed by atoms with E-state index in [0.717, 1.165) is 83.5 Å². The molecule has 0 aliphatic carbocycles. The maximum Gasteiger partial charge on any atom is 0.472 e. The number of likely N-dealkylation sites (N-methyl/N-ethyl adjacent to an activating group) is 1. The van der Waals surface area contributed by atoms with Crippen molar-refractivity contribution in [1.29, 1.82) is 0 Å². The Balaban J connectivity index is 4.11. The van der Waals surface area contributed by atoms with Crippen molar-refractivity contribution >= 4 is 19.8 Å². The fourth-order valence-electron chi connectivity index (χ4n) is 9.50. The molecule has 0 aromatic rings. The highest BCUT2D eigenvalue weighted by Crippen LogP contribution is 2.43. The summed E-state index contributed by atoms with van der Waals surface area (Å²) in [5, 5.41) is 0. The monoisotopic (exact) mass is 1190 g/mol. The molecule has 2 atom stereocenters. The summed E-state index contributed by atoms with van der Waals surface area (Å²) in [4.78, 5) is 35.8. The molecule has 0 bridgehead atoms. The van der Waals surface area contributed by atoms with E-state index in [0.29, 0.717) is 17.4 Å². The molecule has 0 aliphatic heterocycles. The predicted molar refractivity (Wildman–Crippen MR) is 362 cm³/mol. The van der Waals surface area contributed by atoms with Crippen LogP contribution in [0.4, 0.5) is 0 Å². The molecule has 0 aliphatic rings. The van der Waals surface area contributed by atoms with Crippen LogP contribution in [0.2, 0.25) is 0 Å². The van der Waals surface area contributed by atoms with Gasteiger partial charge < -0.3 is 18.9 Å². The zero-order valence-corrected chi connectivity index (χ0v) is 56.0. The van der Waals surface area contributed by atoms with Crippen molar-refractivity contribution in [2.45, 2.75) is 302 Å². The van der Waals surface area contributed by atoms with E-state index in [1.54, 1.807) is 0 Å². The van der Waals surface area contributed by atoms with Gasteiger partial charge in [-0.05, 0) is 103 Å². The molecule has 10 heteroatoms. The summed E-state index contributed by atoms with van der Waals surface area (Å²) in [6, 6.07) is 0. The Morgan fingerprint density at radius 2 is 0.679 bits per heavy atom. The van der Waals surface area contributed by atoms with Crippen molar-refractivity contribution in [3.63, 3.8) is 0 Å². The van der Waals surface area contributed by atoms with Crippen molar-refractivity contribution < 1.29 is 42.1 Å². The van der Waals surface area contributed by atoms with Crippen molar-refractivity contribution in [3.8, 4) is 0 Å². The van der Waals surface area contributed by atoms with Gasteiger partial charge in [0, 0.05) is 12.8 Å². The topological polar surface area (TPSA) is 108 Å². The van der Waals surface area contributed by atoms with Gasteiger partial charge in [-0.25, -0.2) is 4.57 Å². The first-order chi connectivity index (χ1) is 41.0. The molecule has 0 aromatic heterocycles. The molecule has 0 aromatic carbocycles. The summed E-state index contributed by atoms with van der Waals surface area (Å²) < 4.78 is 34.6. The van der Waals surface area contributed by atoms with Crippen LogP contribution >= 0.6 is 7.82 Å². The van der Waals surface area contributed by atoms with Gasteiger partial charge in [0.15, 0.2) is 6.10 Å². The quantitative estimate of drug-likeness (QED) is 0.0211. The first kappa shape index (κ1) is 80.7. The van der Waals surface area contributed by atoms with Gasteiger partial charge in [-0.3, -0.25) is 18.6 Å². The molecule has 0 rings (SSSR count). The summed E-state index contributed by atoms with van der Waals surface area (Å²) in [6.45, 7) is 4.29. The summed E-state index contributed by atoms with van der Waals surface area (Å²) in [7, 11) is 1.44. The molecule has 0 fully saturated rings. The number of allylic oxidation sites excluding steroid dienone is 18. The van der Waals surface area contributed by atoms with Crippen LogP contribution < -0.4 is 0 Å². The molecule has 84 heavy (non-hydrogen) atoms. The molecule has 0 radical (unpaired) electrons. The van der Waals surface area contributed by atoms with Gasteiger partial charge in [0.2, 0.25) is 0 Å². The number of nitrogens with zero attached hydrogens (tertiary/aromatic N) is 1. The lowest BCUT2D eigenvalue weighted by Gasteiger charge is -2.24. The average Bonchev–Trinajstić information content (AvgIpc) is 3.61. The third-order valence-corrected chi connectivity index (χ3v) is 15.8. The first-order valence-electron chi connectivity index (χ1n) is 34.6. The largest absolute Gasteiger partial charge is 0.472 e. The van der Waals surface area contributed by atoms with E-state index in [9.17, 15) is 19.0 Å². The third kappa shape index (κ3) is 67.8. The molecule has 0 saturated heterocycles. The Bertz CT molecular complexity index is 1790.